The summed E-state index contributed by atoms with van der Waals surface area (Å²) >= 11 is 0. The van der Waals surface area contributed by atoms with Crippen LogP contribution in [-0.4, -0.2) is 18.9 Å². The lowest BCUT2D eigenvalue weighted by Crippen LogP contribution is -2.02. The van der Waals surface area contributed by atoms with Crippen molar-refractivity contribution in [1.82, 2.24) is 18.9 Å². The van der Waals surface area contributed by atoms with E-state index >= 15 is 0 Å². The Bertz CT molecular complexity index is 2990. The number of nitrogens with zero attached hydrogens (tertiary/aromatic N) is 4. The van der Waals surface area contributed by atoms with E-state index in [0.717, 1.165) is 33.7 Å². The van der Waals surface area contributed by atoms with E-state index in [-0.39, 0.29) is 0 Å². The molecule has 0 unspecified atom stereocenters. The van der Waals surface area contributed by atoms with E-state index < -0.39 is 0 Å². The summed E-state index contributed by atoms with van der Waals surface area (Å²) in [7, 11) is 0. The Morgan fingerprint density at radius 1 is 0.375 bits per heavy atom. The lowest BCUT2D eigenvalue weighted by Gasteiger charge is -2.12. The Labute approximate surface area is 275 Å². The number of para-hydroxylation sites is 3. The Kier molecular flexibility index (Phi) is 5.08. The molecule has 0 aliphatic rings. The van der Waals surface area contributed by atoms with Crippen molar-refractivity contribution >= 4 is 70.7 Å². The van der Waals surface area contributed by atoms with Crippen molar-refractivity contribution in [3.63, 3.8) is 0 Å². The van der Waals surface area contributed by atoms with Gasteiger partial charge in [0.25, 0.3) is 0 Å². The molecular weight excluding hydrogens is 585 g/mol. The molecule has 7 aromatic carbocycles. The minimum absolute atomic E-state index is 0.706. The Balaban J connectivity index is 1.27. The Hall–Kier alpha value is -6.52. The molecule has 11 aromatic rings. The summed E-state index contributed by atoms with van der Waals surface area (Å²) in [6.07, 6.45) is 0. The molecule has 0 amide bonds. The standard InChI is InChI=1S/C44H26N4/c1-3-12-27(13-4-1)36-26-40(46-44(45-36)28-14-5-2-6-15-28)47-38-21-10-8-17-35(38)41-30-22-23-34-32-19-11-18-31-29-16-7-9-20-37(29)48(42(31)32)43(34)33(30)24-25-39(41)47/h1-26H. The molecule has 48 heavy (non-hydrogen) atoms. The van der Waals surface area contributed by atoms with Crippen molar-refractivity contribution in [2.75, 3.05) is 0 Å². The minimum atomic E-state index is 0.706. The summed E-state index contributed by atoms with van der Waals surface area (Å²) in [4.78, 5) is 10.3. The molecule has 0 N–H and O–H groups in total. The van der Waals surface area contributed by atoms with E-state index in [4.69, 9.17) is 9.97 Å². The highest BCUT2D eigenvalue weighted by Gasteiger charge is 2.22. The fourth-order valence-electron chi connectivity index (χ4n) is 8.05. The van der Waals surface area contributed by atoms with Crippen molar-refractivity contribution in [2.45, 2.75) is 0 Å². The van der Waals surface area contributed by atoms with E-state index in [2.05, 4.69) is 142 Å². The lowest BCUT2D eigenvalue weighted by molar-refractivity contribution is 1.05. The molecule has 0 saturated carbocycles. The first kappa shape index (κ1) is 25.6. The molecule has 4 heteroatoms. The normalized spacial score (nSPS) is 12.2. The third kappa shape index (κ3) is 3.38. The molecule has 11 rings (SSSR count). The summed E-state index contributed by atoms with van der Waals surface area (Å²) in [6, 6.07) is 56.2. The fraction of sp³-hybridized carbons (Fsp3) is 0. The maximum atomic E-state index is 5.24. The zero-order valence-electron chi connectivity index (χ0n) is 25.8. The smallest absolute Gasteiger partial charge is 0.162 e. The van der Waals surface area contributed by atoms with Crippen LogP contribution in [0.5, 0.6) is 0 Å². The van der Waals surface area contributed by atoms with Gasteiger partial charge in [-0.1, -0.05) is 133 Å². The van der Waals surface area contributed by atoms with Crippen LogP contribution in [0.3, 0.4) is 0 Å². The topological polar surface area (TPSA) is 35.1 Å². The highest BCUT2D eigenvalue weighted by molar-refractivity contribution is 6.31. The highest BCUT2D eigenvalue weighted by atomic mass is 15.1. The first-order valence-corrected chi connectivity index (χ1v) is 16.4. The number of rotatable bonds is 3. The molecule has 0 bridgehead atoms. The number of aromatic nitrogens is 4. The summed E-state index contributed by atoms with van der Waals surface area (Å²) in [6.45, 7) is 0. The third-order valence-electron chi connectivity index (χ3n) is 10.1. The molecule has 0 spiro atoms. The van der Waals surface area contributed by atoms with Crippen LogP contribution >= 0.6 is 0 Å². The highest BCUT2D eigenvalue weighted by Crippen LogP contribution is 2.44. The van der Waals surface area contributed by atoms with E-state index in [1.165, 1.54) is 59.6 Å². The first-order chi connectivity index (χ1) is 23.8. The van der Waals surface area contributed by atoms with Crippen LogP contribution in [0.15, 0.2) is 158 Å². The van der Waals surface area contributed by atoms with Crippen LogP contribution < -0.4 is 0 Å². The van der Waals surface area contributed by atoms with Gasteiger partial charge in [0.2, 0.25) is 0 Å². The van der Waals surface area contributed by atoms with Gasteiger partial charge in [-0.05, 0) is 23.6 Å². The van der Waals surface area contributed by atoms with E-state index in [9.17, 15) is 0 Å². The molecular formula is C44H26N4. The molecule has 4 heterocycles. The van der Waals surface area contributed by atoms with Gasteiger partial charge < -0.3 is 4.40 Å². The van der Waals surface area contributed by atoms with Crippen molar-refractivity contribution in [3.8, 4) is 28.5 Å². The number of fused-ring (bicyclic) bond motifs is 12. The summed E-state index contributed by atoms with van der Waals surface area (Å²) in [5, 5.41) is 10.1. The van der Waals surface area contributed by atoms with Crippen LogP contribution in [0.25, 0.3) is 99.1 Å². The Morgan fingerprint density at radius 3 is 1.73 bits per heavy atom. The van der Waals surface area contributed by atoms with Crippen LogP contribution in [0, 0.1) is 0 Å². The summed E-state index contributed by atoms with van der Waals surface area (Å²) in [5.74, 6) is 1.55. The second-order valence-electron chi connectivity index (χ2n) is 12.6. The third-order valence-corrected chi connectivity index (χ3v) is 10.1. The second kappa shape index (κ2) is 9.50. The SMILES string of the molecule is c1ccc(-c2cc(-n3c4ccccc4c4c5ccc6c7cccc8c9ccccc9n(c6c5ccc43)c87)nc(-c3ccccc3)n2)cc1. The lowest BCUT2D eigenvalue weighted by atomic mass is 10.0. The first-order valence-electron chi connectivity index (χ1n) is 16.4. The molecule has 0 atom stereocenters. The average Bonchev–Trinajstić information content (AvgIpc) is 3.81. The van der Waals surface area contributed by atoms with Gasteiger partial charge in [0.1, 0.15) is 5.82 Å². The van der Waals surface area contributed by atoms with Crippen LogP contribution in [0.4, 0.5) is 0 Å². The quantitative estimate of drug-likeness (QED) is 0.199. The summed E-state index contributed by atoms with van der Waals surface area (Å²) in [5.41, 5.74) is 8.99. The molecule has 0 fully saturated rings. The largest absolute Gasteiger partial charge is 0.307 e. The van der Waals surface area contributed by atoms with Gasteiger partial charge >= 0.3 is 0 Å². The van der Waals surface area contributed by atoms with Crippen molar-refractivity contribution in [3.05, 3.63) is 158 Å². The fourth-order valence-corrected chi connectivity index (χ4v) is 8.05. The monoisotopic (exact) mass is 610 g/mol. The molecule has 0 saturated heterocycles. The number of benzene rings is 7. The van der Waals surface area contributed by atoms with Gasteiger partial charge in [-0.25, -0.2) is 9.97 Å². The van der Waals surface area contributed by atoms with Gasteiger partial charge in [-0.15, -0.1) is 0 Å². The van der Waals surface area contributed by atoms with E-state index in [1.54, 1.807) is 0 Å². The molecule has 0 radical (unpaired) electrons. The van der Waals surface area contributed by atoms with Crippen LogP contribution in [0.2, 0.25) is 0 Å². The maximum absolute atomic E-state index is 5.24. The van der Waals surface area contributed by atoms with Crippen molar-refractivity contribution < 1.29 is 0 Å². The number of hydrogen-bond acceptors (Lipinski definition) is 2. The van der Waals surface area contributed by atoms with E-state index in [1.807, 2.05) is 24.3 Å². The van der Waals surface area contributed by atoms with Crippen LogP contribution in [-0.2, 0) is 0 Å². The summed E-state index contributed by atoms with van der Waals surface area (Å²) < 4.78 is 4.81. The number of hydrogen-bond donors (Lipinski definition) is 0. The molecule has 0 aliphatic heterocycles. The zero-order valence-corrected chi connectivity index (χ0v) is 25.8. The predicted octanol–water partition coefficient (Wildman–Crippen LogP) is 11.2. The molecule has 0 aliphatic carbocycles. The molecule has 4 nitrogen and oxygen atoms in total. The van der Waals surface area contributed by atoms with Crippen molar-refractivity contribution in [1.29, 1.82) is 0 Å². The minimum Gasteiger partial charge on any atom is -0.307 e. The predicted molar refractivity (Wildman–Crippen MR) is 199 cm³/mol. The second-order valence-corrected chi connectivity index (χ2v) is 12.6. The van der Waals surface area contributed by atoms with Gasteiger partial charge in [0.15, 0.2) is 5.82 Å². The van der Waals surface area contributed by atoms with Crippen LogP contribution in [0.1, 0.15) is 0 Å². The average molecular weight is 611 g/mol. The maximum Gasteiger partial charge on any atom is 0.162 e. The zero-order chi connectivity index (χ0) is 31.3. The van der Waals surface area contributed by atoms with Gasteiger partial charge in [0.05, 0.1) is 33.3 Å². The van der Waals surface area contributed by atoms with E-state index in [0.29, 0.717) is 5.82 Å². The van der Waals surface area contributed by atoms with Crippen molar-refractivity contribution in [2.24, 2.45) is 0 Å². The molecule has 222 valence electrons. The van der Waals surface area contributed by atoms with Gasteiger partial charge in [-0.3, -0.25) is 4.57 Å². The van der Waals surface area contributed by atoms with Gasteiger partial charge in [-0.2, -0.15) is 0 Å². The Morgan fingerprint density at radius 2 is 0.938 bits per heavy atom. The molecule has 4 aromatic heterocycles. The van der Waals surface area contributed by atoms with Gasteiger partial charge in [0, 0.05) is 54.9 Å².